The first-order chi connectivity index (χ1) is 11.9. The largest absolute Gasteiger partial charge is 0.396 e. The summed E-state index contributed by atoms with van der Waals surface area (Å²) in [6, 6.07) is 10.8. The normalized spacial score (nSPS) is 18.2. The summed E-state index contributed by atoms with van der Waals surface area (Å²) in [4.78, 5) is 12.6. The third kappa shape index (κ3) is 2.78. The molecule has 1 aromatic carbocycles. The van der Waals surface area contributed by atoms with Gasteiger partial charge in [0.25, 0.3) is 0 Å². The number of nitrogens with zero attached hydrogens (tertiary/aromatic N) is 3. The Morgan fingerprint density at radius 3 is 2.88 bits per heavy atom. The van der Waals surface area contributed by atoms with Gasteiger partial charge in [-0.2, -0.15) is 0 Å². The van der Waals surface area contributed by atoms with Crippen LogP contribution in [-0.2, 0) is 0 Å². The van der Waals surface area contributed by atoms with Gasteiger partial charge in [-0.15, -0.1) is 11.3 Å². The molecule has 4 rings (SSSR count). The summed E-state index contributed by atoms with van der Waals surface area (Å²) in [5.74, 6) is 1.03. The molecule has 0 bridgehead atoms. The predicted octanol–water partition coefficient (Wildman–Crippen LogP) is 4.10. The molecule has 1 fully saturated rings. The van der Waals surface area contributed by atoms with Crippen LogP contribution in [0.5, 0.6) is 0 Å². The summed E-state index contributed by atoms with van der Waals surface area (Å²) >= 11 is 1.67. The van der Waals surface area contributed by atoms with Gasteiger partial charge >= 0.3 is 0 Å². The summed E-state index contributed by atoms with van der Waals surface area (Å²) in [6.45, 7) is 1.23. The van der Waals surface area contributed by atoms with Gasteiger partial charge in [-0.05, 0) is 31.2 Å². The predicted molar refractivity (Wildman–Crippen MR) is 99.5 cm³/mol. The van der Waals surface area contributed by atoms with Crippen molar-refractivity contribution in [2.45, 2.75) is 31.7 Å². The molecule has 3 aromatic rings. The van der Waals surface area contributed by atoms with E-state index in [-0.39, 0.29) is 6.61 Å². The van der Waals surface area contributed by atoms with Crippen molar-refractivity contribution in [1.82, 2.24) is 9.97 Å². The summed E-state index contributed by atoms with van der Waals surface area (Å²) < 4.78 is 0. The van der Waals surface area contributed by atoms with E-state index in [1.54, 1.807) is 17.7 Å². The van der Waals surface area contributed by atoms with E-state index in [0.29, 0.717) is 6.04 Å². The molecule has 1 aliphatic rings. The Morgan fingerprint density at radius 1 is 1.17 bits per heavy atom. The number of fused-ring (bicyclic) bond motifs is 1. The molecule has 1 unspecified atom stereocenters. The Kier molecular flexibility index (Phi) is 4.45. The molecule has 1 saturated heterocycles. The third-order valence-electron chi connectivity index (χ3n) is 4.80. The first kappa shape index (κ1) is 15.5. The van der Waals surface area contributed by atoms with Gasteiger partial charge in [0.2, 0.25) is 0 Å². The van der Waals surface area contributed by atoms with Gasteiger partial charge in [0.05, 0.1) is 5.39 Å². The Bertz CT molecular complexity index is 816. The van der Waals surface area contributed by atoms with Crippen molar-refractivity contribution in [2.24, 2.45) is 0 Å². The highest BCUT2D eigenvalue weighted by Gasteiger charge is 2.26. The Balaban J connectivity index is 1.84. The fourth-order valence-corrected chi connectivity index (χ4v) is 4.55. The molecule has 1 N–H and O–H groups in total. The van der Waals surface area contributed by atoms with E-state index in [2.05, 4.69) is 44.5 Å². The molecule has 2 aromatic heterocycles. The van der Waals surface area contributed by atoms with E-state index < -0.39 is 0 Å². The number of aliphatic hydroxyl groups is 1. The van der Waals surface area contributed by atoms with Crippen LogP contribution in [0.25, 0.3) is 21.3 Å². The number of piperidine rings is 1. The third-order valence-corrected chi connectivity index (χ3v) is 5.68. The van der Waals surface area contributed by atoms with Crippen molar-refractivity contribution in [3.05, 3.63) is 42.0 Å². The number of anilines is 1. The lowest BCUT2D eigenvalue weighted by Crippen LogP contribution is -2.40. The Morgan fingerprint density at radius 2 is 2.04 bits per heavy atom. The van der Waals surface area contributed by atoms with Crippen LogP contribution in [0.3, 0.4) is 0 Å². The highest BCUT2D eigenvalue weighted by Crippen LogP contribution is 2.39. The van der Waals surface area contributed by atoms with Crippen LogP contribution in [0.2, 0.25) is 0 Å². The minimum atomic E-state index is 0.227. The van der Waals surface area contributed by atoms with Crippen LogP contribution in [-0.4, -0.2) is 34.3 Å². The summed E-state index contributed by atoms with van der Waals surface area (Å²) in [5.41, 5.74) is 2.41. The molecule has 1 aliphatic heterocycles. The van der Waals surface area contributed by atoms with E-state index in [4.69, 9.17) is 0 Å². The molecule has 0 spiro atoms. The number of aromatic nitrogens is 2. The molecule has 3 heterocycles. The van der Waals surface area contributed by atoms with Crippen molar-refractivity contribution >= 4 is 27.4 Å². The van der Waals surface area contributed by atoms with Gasteiger partial charge in [-0.1, -0.05) is 30.3 Å². The smallest absolute Gasteiger partial charge is 0.141 e. The first-order valence-electron chi connectivity index (χ1n) is 8.53. The van der Waals surface area contributed by atoms with Crippen molar-refractivity contribution in [3.63, 3.8) is 0 Å². The second-order valence-electron chi connectivity index (χ2n) is 6.25. The lowest BCUT2D eigenvalue weighted by atomic mass is 9.98. The molecule has 0 amide bonds. The summed E-state index contributed by atoms with van der Waals surface area (Å²) in [5, 5.41) is 12.8. The van der Waals surface area contributed by atoms with Crippen LogP contribution < -0.4 is 4.90 Å². The van der Waals surface area contributed by atoms with E-state index in [1.807, 2.05) is 6.07 Å². The zero-order valence-electron chi connectivity index (χ0n) is 13.6. The SMILES string of the molecule is OCCC1CCCCN1c1ncnc2scc(-c3ccccc3)c12. The number of rotatable bonds is 4. The van der Waals surface area contributed by atoms with Crippen LogP contribution >= 0.6 is 11.3 Å². The van der Waals surface area contributed by atoms with Crippen LogP contribution in [0, 0.1) is 0 Å². The maximum atomic E-state index is 9.43. The van der Waals surface area contributed by atoms with Gasteiger partial charge in [-0.3, -0.25) is 0 Å². The molecule has 4 nitrogen and oxygen atoms in total. The number of hydrogen-bond donors (Lipinski definition) is 1. The van der Waals surface area contributed by atoms with E-state index in [9.17, 15) is 5.11 Å². The average Bonchev–Trinajstić information content (AvgIpc) is 3.07. The van der Waals surface area contributed by atoms with Crippen molar-refractivity contribution in [2.75, 3.05) is 18.1 Å². The highest BCUT2D eigenvalue weighted by molar-refractivity contribution is 7.17. The van der Waals surface area contributed by atoms with Gasteiger partial charge < -0.3 is 10.0 Å². The molecule has 24 heavy (non-hydrogen) atoms. The fourth-order valence-electron chi connectivity index (χ4n) is 3.64. The molecule has 0 saturated carbocycles. The van der Waals surface area contributed by atoms with Crippen molar-refractivity contribution in [3.8, 4) is 11.1 Å². The lowest BCUT2D eigenvalue weighted by Gasteiger charge is -2.37. The van der Waals surface area contributed by atoms with Gasteiger partial charge in [0, 0.05) is 30.1 Å². The second-order valence-corrected chi connectivity index (χ2v) is 7.11. The lowest BCUT2D eigenvalue weighted by molar-refractivity contribution is 0.262. The summed E-state index contributed by atoms with van der Waals surface area (Å²) in [7, 11) is 0. The zero-order valence-corrected chi connectivity index (χ0v) is 14.4. The van der Waals surface area contributed by atoms with Gasteiger partial charge in [0.15, 0.2) is 0 Å². The minimum absolute atomic E-state index is 0.227. The monoisotopic (exact) mass is 339 g/mol. The molecule has 124 valence electrons. The second kappa shape index (κ2) is 6.87. The van der Waals surface area contributed by atoms with Crippen LogP contribution in [0.15, 0.2) is 42.0 Å². The maximum absolute atomic E-state index is 9.43. The summed E-state index contributed by atoms with van der Waals surface area (Å²) in [6.07, 6.45) is 6.00. The highest BCUT2D eigenvalue weighted by atomic mass is 32.1. The molecule has 0 aliphatic carbocycles. The maximum Gasteiger partial charge on any atom is 0.141 e. The molecule has 5 heteroatoms. The average molecular weight is 339 g/mol. The van der Waals surface area contributed by atoms with Gasteiger partial charge in [0.1, 0.15) is 17.0 Å². The molecular formula is C19H21N3OS. The Hall–Kier alpha value is -1.98. The number of hydrogen-bond acceptors (Lipinski definition) is 5. The number of thiophene rings is 1. The zero-order chi connectivity index (χ0) is 16.4. The Labute approximate surface area is 145 Å². The quantitative estimate of drug-likeness (QED) is 0.777. The molecule has 1 atom stereocenters. The fraction of sp³-hybridized carbons (Fsp3) is 0.368. The number of aliphatic hydroxyl groups excluding tert-OH is 1. The molecular weight excluding hydrogens is 318 g/mol. The van der Waals surface area contributed by atoms with E-state index in [1.165, 1.54) is 24.0 Å². The first-order valence-corrected chi connectivity index (χ1v) is 9.41. The standard InChI is InChI=1S/C19H21N3OS/c23-11-9-15-8-4-5-10-22(15)18-17-16(14-6-2-1-3-7-14)12-24-19(17)21-13-20-18/h1-3,6-7,12-13,15,23H,4-5,8-11H2. The minimum Gasteiger partial charge on any atom is -0.396 e. The van der Waals surface area contributed by atoms with Crippen molar-refractivity contribution in [1.29, 1.82) is 0 Å². The van der Waals surface area contributed by atoms with Crippen LogP contribution in [0.4, 0.5) is 5.82 Å². The topological polar surface area (TPSA) is 49.2 Å². The van der Waals surface area contributed by atoms with E-state index >= 15 is 0 Å². The van der Waals surface area contributed by atoms with E-state index in [0.717, 1.165) is 35.4 Å². The van der Waals surface area contributed by atoms with Crippen molar-refractivity contribution < 1.29 is 5.11 Å². The number of benzene rings is 1. The van der Waals surface area contributed by atoms with Crippen LogP contribution in [0.1, 0.15) is 25.7 Å². The van der Waals surface area contributed by atoms with Gasteiger partial charge in [-0.25, -0.2) is 9.97 Å². The molecule has 0 radical (unpaired) electrons.